The molecule has 2 aromatic carbocycles. The number of hydrogen-bond donors (Lipinski definition) is 1. The van der Waals surface area contributed by atoms with E-state index in [-0.39, 0.29) is 23.7 Å². The summed E-state index contributed by atoms with van der Waals surface area (Å²) in [5.41, 5.74) is 0.280. The van der Waals surface area contributed by atoms with Gasteiger partial charge in [-0.05, 0) is 12.1 Å². The molecule has 0 fully saturated rings. The second kappa shape index (κ2) is 9.24. The Kier molecular flexibility index (Phi) is 6.99. The first-order valence-electron chi connectivity index (χ1n) is 8.36. The lowest BCUT2D eigenvalue weighted by Gasteiger charge is -2.23. The zero-order valence-electron chi connectivity index (χ0n) is 16.1. The number of carbonyl (C=O) groups excluding carboxylic acids is 1. The van der Waals surface area contributed by atoms with Crippen molar-refractivity contribution >= 4 is 27.3 Å². The minimum Gasteiger partial charge on any atom is -0.496 e. The van der Waals surface area contributed by atoms with Crippen LogP contribution in [0.3, 0.4) is 0 Å². The molecule has 0 spiro atoms. The predicted molar refractivity (Wildman–Crippen MR) is 107 cm³/mol. The van der Waals surface area contributed by atoms with Crippen molar-refractivity contribution in [1.82, 2.24) is 5.32 Å². The Bertz CT molecular complexity index is 1010. The Labute approximate surface area is 168 Å². The smallest absolute Gasteiger partial charge is 0.271 e. The van der Waals surface area contributed by atoms with Crippen molar-refractivity contribution in [2.75, 3.05) is 31.3 Å². The lowest BCUT2D eigenvalue weighted by Crippen LogP contribution is -2.40. The molecule has 0 aliphatic heterocycles. The van der Waals surface area contributed by atoms with E-state index in [2.05, 4.69) is 5.32 Å². The number of benzene rings is 2. The third-order valence-corrected chi connectivity index (χ3v) is 5.12. The van der Waals surface area contributed by atoms with Crippen LogP contribution in [0.25, 0.3) is 0 Å². The Morgan fingerprint density at radius 3 is 2.38 bits per heavy atom. The van der Waals surface area contributed by atoms with Crippen molar-refractivity contribution in [1.29, 1.82) is 0 Å². The van der Waals surface area contributed by atoms with Gasteiger partial charge in [-0.2, -0.15) is 0 Å². The summed E-state index contributed by atoms with van der Waals surface area (Å²) in [5, 5.41) is 13.7. The molecule has 156 valence electrons. The number of nitrogens with one attached hydrogen (secondary N) is 1. The molecule has 0 radical (unpaired) electrons. The number of carbonyl (C=O) groups is 1. The quantitative estimate of drug-likeness (QED) is 0.480. The summed E-state index contributed by atoms with van der Waals surface area (Å²) in [5.74, 6) is 0.0570. The number of methoxy groups -OCH3 is 2. The lowest BCUT2D eigenvalue weighted by molar-refractivity contribution is -0.384. The molecule has 0 aliphatic carbocycles. The number of sulfonamides is 1. The first-order valence-corrected chi connectivity index (χ1v) is 10.2. The number of non-ortho nitro benzene ring substituents is 1. The van der Waals surface area contributed by atoms with E-state index >= 15 is 0 Å². The van der Waals surface area contributed by atoms with Crippen LogP contribution in [0.1, 0.15) is 5.56 Å². The van der Waals surface area contributed by atoms with Crippen molar-refractivity contribution < 1.29 is 27.6 Å². The minimum atomic E-state index is -3.94. The maximum Gasteiger partial charge on any atom is 0.271 e. The van der Waals surface area contributed by atoms with E-state index in [9.17, 15) is 23.3 Å². The highest BCUT2D eigenvalue weighted by Crippen LogP contribution is 2.33. The Morgan fingerprint density at radius 1 is 1.14 bits per heavy atom. The molecule has 0 atom stereocenters. The van der Waals surface area contributed by atoms with Crippen LogP contribution in [0.5, 0.6) is 11.5 Å². The van der Waals surface area contributed by atoms with Crippen LogP contribution in [0, 0.1) is 10.1 Å². The molecule has 2 aromatic rings. The summed E-state index contributed by atoms with van der Waals surface area (Å²) >= 11 is 0. The maximum atomic E-state index is 12.4. The fourth-order valence-corrected chi connectivity index (χ4v) is 3.45. The summed E-state index contributed by atoms with van der Waals surface area (Å²) in [7, 11) is -1.14. The van der Waals surface area contributed by atoms with E-state index in [1.54, 1.807) is 24.3 Å². The van der Waals surface area contributed by atoms with Crippen LogP contribution in [-0.4, -0.2) is 46.3 Å². The Morgan fingerprint density at radius 2 is 1.79 bits per heavy atom. The summed E-state index contributed by atoms with van der Waals surface area (Å²) in [6.07, 6.45) is 0.902. The number of anilines is 1. The molecule has 29 heavy (non-hydrogen) atoms. The van der Waals surface area contributed by atoms with Crippen molar-refractivity contribution in [3.63, 3.8) is 0 Å². The van der Waals surface area contributed by atoms with Crippen LogP contribution in [0.4, 0.5) is 11.4 Å². The number of hydrogen-bond acceptors (Lipinski definition) is 7. The van der Waals surface area contributed by atoms with E-state index in [1.165, 1.54) is 26.4 Å². The highest BCUT2D eigenvalue weighted by molar-refractivity contribution is 7.92. The third kappa shape index (κ3) is 5.57. The van der Waals surface area contributed by atoms with E-state index in [0.717, 1.165) is 16.6 Å². The molecule has 0 bridgehead atoms. The van der Waals surface area contributed by atoms with Crippen molar-refractivity contribution in [3.05, 3.63) is 58.1 Å². The largest absolute Gasteiger partial charge is 0.496 e. The molecule has 0 unspecified atom stereocenters. The number of para-hydroxylation sites is 1. The SMILES string of the molecule is COc1ccccc1CNC(=O)CN(c1cc([N+](=O)[O-])ccc1OC)S(C)(=O)=O. The predicted octanol–water partition coefficient (Wildman–Crippen LogP) is 1.69. The van der Waals surface area contributed by atoms with Crippen LogP contribution in [0.2, 0.25) is 0 Å². The molecular formula is C18H21N3O7S. The Balaban J connectivity index is 2.27. The second-order valence-corrected chi connectivity index (χ2v) is 7.88. The molecule has 1 N–H and O–H groups in total. The summed E-state index contributed by atoms with van der Waals surface area (Å²) in [6, 6.07) is 10.6. The lowest BCUT2D eigenvalue weighted by atomic mass is 10.2. The van der Waals surface area contributed by atoms with Gasteiger partial charge in [-0.1, -0.05) is 18.2 Å². The molecule has 0 aliphatic rings. The van der Waals surface area contributed by atoms with Crippen molar-refractivity contribution in [3.8, 4) is 11.5 Å². The van der Waals surface area contributed by atoms with Crippen LogP contribution in [-0.2, 0) is 21.4 Å². The molecular weight excluding hydrogens is 402 g/mol. The summed E-state index contributed by atoms with van der Waals surface area (Å²) in [4.78, 5) is 22.8. The summed E-state index contributed by atoms with van der Waals surface area (Å²) < 4.78 is 35.7. The van der Waals surface area contributed by atoms with Gasteiger partial charge < -0.3 is 14.8 Å². The second-order valence-electron chi connectivity index (χ2n) is 5.97. The standard InChI is InChI=1S/C18H21N3O7S/c1-27-16-7-5-4-6-13(16)11-19-18(22)12-20(29(3,25)26)15-10-14(21(23)24)8-9-17(15)28-2/h4-10H,11-12H2,1-3H3,(H,19,22). The maximum absolute atomic E-state index is 12.4. The van der Waals surface area contributed by atoms with Gasteiger partial charge in [0.1, 0.15) is 23.7 Å². The van der Waals surface area contributed by atoms with Gasteiger partial charge in [0.25, 0.3) is 5.69 Å². The third-order valence-electron chi connectivity index (χ3n) is 4.00. The molecule has 11 heteroatoms. The van der Waals surface area contributed by atoms with E-state index in [0.29, 0.717) is 11.3 Å². The van der Waals surface area contributed by atoms with Gasteiger partial charge in [0.15, 0.2) is 0 Å². The van der Waals surface area contributed by atoms with Gasteiger partial charge in [-0.3, -0.25) is 19.2 Å². The first-order chi connectivity index (χ1) is 13.7. The number of nitro groups is 1. The van der Waals surface area contributed by atoms with Crippen LogP contribution in [0.15, 0.2) is 42.5 Å². The van der Waals surface area contributed by atoms with E-state index in [1.807, 2.05) is 0 Å². The average Bonchev–Trinajstić information content (AvgIpc) is 2.69. The number of rotatable bonds is 9. The number of nitro benzene ring substituents is 1. The van der Waals surface area contributed by atoms with Gasteiger partial charge in [0, 0.05) is 24.2 Å². The van der Waals surface area contributed by atoms with Crippen molar-refractivity contribution in [2.45, 2.75) is 6.54 Å². The molecule has 10 nitrogen and oxygen atoms in total. The number of nitrogens with zero attached hydrogens (tertiary/aromatic N) is 2. The fourth-order valence-electron chi connectivity index (χ4n) is 2.60. The zero-order chi connectivity index (χ0) is 21.6. The molecule has 0 saturated heterocycles. The normalized spacial score (nSPS) is 10.9. The molecule has 0 heterocycles. The molecule has 0 aromatic heterocycles. The first kappa shape index (κ1) is 22.0. The van der Waals surface area contributed by atoms with E-state index < -0.39 is 27.4 Å². The van der Waals surface area contributed by atoms with Crippen LogP contribution < -0.4 is 19.1 Å². The van der Waals surface area contributed by atoms with Crippen molar-refractivity contribution in [2.24, 2.45) is 0 Å². The van der Waals surface area contributed by atoms with Gasteiger partial charge in [0.2, 0.25) is 15.9 Å². The number of amides is 1. The number of ether oxygens (including phenoxy) is 2. The molecule has 0 saturated carbocycles. The minimum absolute atomic E-state index is 0.0820. The summed E-state index contributed by atoms with van der Waals surface area (Å²) in [6.45, 7) is -0.460. The topological polar surface area (TPSA) is 128 Å². The monoisotopic (exact) mass is 423 g/mol. The molecule has 2 rings (SSSR count). The average molecular weight is 423 g/mol. The van der Waals surface area contributed by atoms with Gasteiger partial charge in [-0.25, -0.2) is 8.42 Å². The fraction of sp³-hybridized carbons (Fsp3) is 0.278. The zero-order valence-corrected chi connectivity index (χ0v) is 16.9. The van der Waals surface area contributed by atoms with E-state index in [4.69, 9.17) is 9.47 Å². The molecule has 1 amide bonds. The van der Waals surface area contributed by atoms with Gasteiger partial charge in [0.05, 0.1) is 25.4 Å². The van der Waals surface area contributed by atoms with Gasteiger partial charge >= 0.3 is 0 Å². The highest BCUT2D eigenvalue weighted by Gasteiger charge is 2.26. The van der Waals surface area contributed by atoms with Crippen LogP contribution >= 0.6 is 0 Å². The highest BCUT2D eigenvalue weighted by atomic mass is 32.2. The Hall–Kier alpha value is -3.34. The van der Waals surface area contributed by atoms with Gasteiger partial charge in [-0.15, -0.1) is 0 Å².